The van der Waals surface area contributed by atoms with Crippen LogP contribution in [0.4, 0.5) is 4.39 Å². The topological polar surface area (TPSA) is 140 Å². The summed E-state index contributed by atoms with van der Waals surface area (Å²) in [4.78, 5) is 26.0. The van der Waals surface area contributed by atoms with Crippen LogP contribution < -0.4 is 10.6 Å². The Bertz CT molecular complexity index is 1280. The molecule has 0 bridgehead atoms. The molecule has 1 aromatic heterocycles. The predicted octanol–water partition coefficient (Wildman–Crippen LogP) is 1.71. The molecule has 9 nitrogen and oxygen atoms in total. The van der Waals surface area contributed by atoms with E-state index in [4.69, 9.17) is 10.4 Å². The van der Waals surface area contributed by atoms with Gasteiger partial charge in [0.1, 0.15) is 11.9 Å². The second-order valence-electron chi connectivity index (χ2n) is 9.30. The molecule has 0 spiro atoms. The quantitative estimate of drug-likeness (QED) is 0.386. The van der Waals surface area contributed by atoms with Crippen molar-refractivity contribution in [2.75, 3.05) is 13.2 Å². The van der Waals surface area contributed by atoms with Gasteiger partial charge in [0, 0.05) is 17.5 Å². The number of halogens is 1. The summed E-state index contributed by atoms with van der Waals surface area (Å²) >= 11 is 0. The van der Waals surface area contributed by atoms with E-state index in [1.54, 1.807) is 45.0 Å². The standard InChI is InChI=1S/C25H28FN5O4/c1-25(2,3)22(24(35)28-12-17(33)14-32)29-23(34)21-18-6-4-5-7-20(18)31(30-21)13-16-9-8-15(11-27)10-19(16)26/h4-10,17,22,32-33H,12-14H2,1-3H3,(H,28,35)(H,29,34)/t17-,22+/m0/s1. The number of hydrogen-bond donors (Lipinski definition) is 4. The fraction of sp³-hybridized carbons (Fsp3) is 0.360. The highest BCUT2D eigenvalue weighted by molar-refractivity contribution is 6.06. The Kier molecular flexibility index (Phi) is 7.84. The number of nitrogens with zero attached hydrogens (tertiary/aromatic N) is 3. The molecule has 0 aliphatic heterocycles. The summed E-state index contributed by atoms with van der Waals surface area (Å²) in [5.74, 6) is -1.65. The molecule has 0 unspecified atom stereocenters. The molecule has 0 radical (unpaired) electrons. The lowest BCUT2D eigenvalue weighted by Crippen LogP contribution is -2.54. The van der Waals surface area contributed by atoms with Crippen molar-refractivity contribution in [3.63, 3.8) is 0 Å². The van der Waals surface area contributed by atoms with Gasteiger partial charge in [0.15, 0.2) is 5.69 Å². The van der Waals surface area contributed by atoms with Crippen molar-refractivity contribution in [3.05, 3.63) is 65.1 Å². The molecule has 1 heterocycles. The molecule has 3 aromatic rings. The maximum Gasteiger partial charge on any atom is 0.273 e. The molecule has 0 aliphatic carbocycles. The molecule has 0 aliphatic rings. The number of aliphatic hydroxyl groups is 2. The Labute approximate surface area is 202 Å². The third kappa shape index (κ3) is 6.01. The average Bonchev–Trinajstić information content (AvgIpc) is 3.19. The van der Waals surface area contributed by atoms with Crippen LogP contribution in [-0.2, 0) is 11.3 Å². The van der Waals surface area contributed by atoms with Gasteiger partial charge in [-0.15, -0.1) is 0 Å². The monoisotopic (exact) mass is 481 g/mol. The lowest BCUT2D eigenvalue weighted by molar-refractivity contribution is -0.125. The van der Waals surface area contributed by atoms with Gasteiger partial charge in [-0.1, -0.05) is 45.0 Å². The van der Waals surface area contributed by atoms with Gasteiger partial charge in [-0.2, -0.15) is 10.4 Å². The smallest absolute Gasteiger partial charge is 0.273 e. The van der Waals surface area contributed by atoms with Gasteiger partial charge in [-0.25, -0.2) is 4.39 Å². The van der Waals surface area contributed by atoms with E-state index in [1.165, 1.54) is 16.8 Å². The van der Waals surface area contributed by atoms with E-state index in [2.05, 4.69) is 15.7 Å². The third-order valence-corrected chi connectivity index (χ3v) is 5.50. The SMILES string of the molecule is CC(C)(C)[C@H](NC(=O)c1nn(Cc2ccc(C#N)cc2F)c2ccccc12)C(=O)NC[C@H](O)CO. The molecule has 2 aromatic carbocycles. The summed E-state index contributed by atoms with van der Waals surface area (Å²) in [6.07, 6.45) is -1.11. The van der Waals surface area contributed by atoms with Gasteiger partial charge in [-0.3, -0.25) is 14.3 Å². The van der Waals surface area contributed by atoms with Crippen LogP contribution in [0.15, 0.2) is 42.5 Å². The number of para-hydroxylation sites is 1. The normalized spacial score (nSPS) is 13.2. The first kappa shape index (κ1) is 25.8. The van der Waals surface area contributed by atoms with E-state index in [-0.39, 0.29) is 24.3 Å². The van der Waals surface area contributed by atoms with Crippen molar-refractivity contribution in [3.8, 4) is 6.07 Å². The molecule has 0 saturated carbocycles. The van der Waals surface area contributed by atoms with Gasteiger partial charge in [0.2, 0.25) is 5.91 Å². The number of nitrogens with one attached hydrogen (secondary N) is 2. The number of hydrogen-bond acceptors (Lipinski definition) is 6. The molecule has 184 valence electrons. The fourth-order valence-electron chi connectivity index (χ4n) is 3.58. The summed E-state index contributed by atoms with van der Waals surface area (Å²) in [6.45, 7) is 4.72. The molecule has 0 saturated heterocycles. The Morgan fingerprint density at radius 1 is 1.23 bits per heavy atom. The van der Waals surface area contributed by atoms with Crippen molar-refractivity contribution in [2.24, 2.45) is 5.41 Å². The maximum absolute atomic E-state index is 14.5. The highest BCUT2D eigenvalue weighted by atomic mass is 19.1. The minimum Gasteiger partial charge on any atom is -0.394 e. The number of rotatable bonds is 8. The number of fused-ring (bicyclic) bond motifs is 1. The lowest BCUT2D eigenvalue weighted by atomic mass is 9.86. The first-order chi connectivity index (χ1) is 16.5. The molecule has 2 atom stereocenters. The van der Waals surface area contributed by atoms with Crippen molar-refractivity contribution in [1.82, 2.24) is 20.4 Å². The number of amides is 2. The van der Waals surface area contributed by atoms with E-state index in [0.717, 1.165) is 6.07 Å². The number of aromatic nitrogens is 2. The van der Waals surface area contributed by atoms with Crippen LogP contribution in [0.25, 0.3) is 10.9 Å². The third-order valence-electron chi connectivity index (χ3n) is 5.50. The van der Waals surface area contributed by atoms with Crippen LogP contribution >= 0.6 is 0 Å². The molecule has 10 heteroatoms. The molecule has 0 fully saturated rings. The second-order valence-corrected chi connectivity index (χ2v) is 9.30. The minimum atomic E-state index is -1.11. The fourth-order valence-corrected chi connectivity index (χ4v) is 3.58. The molecule has 35 heavy (non-hydrogen) atoms. The Hall–Kier alpha value is -3.81. The number of nitriles is 1. The molecule has 3 rings (SSSR count). The second kappa shape index (κ2) is 10.6. The number of aliphatic hydroxyl groups excluding tert-OH is 2. The predicted molar refractivity (Wildman–Crippen MR) is 127 cm³/mol. The van der Waals surface area contributed by atoms with E-state index in [1.807, 2.05) is 6.07 Å². The van der Waals surface area contributed by atoms with Gasteiger partial charge >= 0.3 is 0 Å². The number of carbonyl (C=O) groups is 2. The summed E-state index contributed by atoms with van der Waals surface area (Å²) in [5.41, 5.74) is 0.512. The zero-order valence-corrected chi connectivity index (χ0v) is 19.7. The van der Waals surface area contributed by atoms with Crippen LogP contribution in [-0.4, -0.2) is 57.1 Å². The van der Waals surface area contributed by atoms with Gasteiger partial charge in [0.05, 0.1) is 36.4 Å². The molecular formula is C25H28FN5O4. The summed E-state index contributed by atoms with van der Waals surface area (Å²) in [6, 6.07) is 12.1. The van der Waals surface area contributed by atoms with Crippen LogP contribution in [0, 0.1) is 22.6 Å². The van der Waals surface area contributed by atoms with Crippen LogP contribution in [0.2, 0.25) is 0 Å². The molecule has 4 N–H and O–H groups in total. The first-order valence-corrected chi connectivity index (χ1v) is 11.1. The van der Waals surface area contributed by atoms with Gasteiger partial charge in [-0.05, 0) is 23.6 Å². The zero-order chi connectivity index (χ0) is 25.8. The zero-order valence-electron chi connectivity index (χ0n) is 19.7. The summed E-state index contributed by atoms with van der Waals surface area (Å²) in [5, 5.41) is 37.7. The highest BCUT2D eigenvalue weighted by Gasteiger charge is 2.34. The molecular weight excluding hydrogens is 453 g/mol. The lowest BCUT2D eigenvalue weighted by Gasteiger charge is -2.30. The van der Waals surface area contributed by atoms with Gasteiger partial charge in [0.25, 0.3) is 5.91 Å². The first-order valence-electron chi connectivity index (χ1n) is 11.1. The van der Waals surface area contributed by atoms with Crippen molar-refractivity contribution < 1.29 is 24.2 Å². The summed E-state index contributed by atoms with van der Waals surface area (Å²) in [7, 11) is 0. The van der Waals surface area contributed by atoms with E-state index < -0.39 is 41.8 Å². The minimum absolute atomic E-state index is 0.0353. The number of benzene rings is 2. The Morgan fingerprint density at radius 3 is 2.57 bits per heavy atom. The van der Waals surface area contributed by atoms with Crippen LogP contribution in [0.1, 0.15) is 42.4 Å². The number of carbonyl (C=O) groups excluding carboxylic acids is 2. The maximum atomic E-state index is 14.5. The Morgan fingerprint density at radius 2 is 1.94 bits per heavy atom. The van der Waals surface area contributed by atoms with E-state index in [9.17, 15) is 19.1 Å². The van der Waals surface area contributed by atoms with Crippen molar-refractivity contribution in [2.45, 2.75) is 39.5 Å². The van der Waals surface area contributed by atoms with E-state index in [0.29, 0.717) is 16.5 Å². The van der Waals surface area contributed by atoms with Crippen molar-refractivity contribution >= 4 is 22.7 Å². The Balaban J connectivity index is 1.90. The van der Waals surface area contributed by atoms with E-state index >= 15 is 0 Å². The van der Waals surface area contributed by atoms with Crippen LogP contribution in [0.5, 0.6) is 0 Å². The van der Waals surface area contributed by atoms with Gasteiger partial charge < -0.3 is 20.8 Å². The largest absolute Gasteiger partial charge is 0.394 e. The van der Waals surface area contributed by atoms with Crippen LogP contribution in [0.3, 0.4) is 0 Å². The molecule has 2 amide bonds. The highest BCUT2D eigenvalue weighted by Crippen LogP contribution is 2.23. The van der Waals surface area contributed by atoms with Crippen molar-refractivity contribution in [1.29, 1.82) is 5.26 Å². The summed E-state index contributed by atoms with van der Waals surface area (Å²) < 4.78 is 16.0. The average molecular weight is 482 g/mol.